The van der Waals surface area contributed by atoms with Gasteiger partial charge in [-0.05, 0) is 233 Å². The van der Waals surface area contributed by atoms with Crippen LogP contribution in [0.15, 0.2) is 505 Å². The molecule has 0 aliphatic heterocycles. The summed E-state index contributed by atoms with van der Waals surface area (Å²) in [5, 5.41) is 27.4. The van der Waals surface area contributed by atoms with Crippen LogP contribution in [0, 0.1) is 0 Å². The van der Waals surface area contributed by atoms with Gasteiger partial charge in [-0.25, -0.2) is 44.9 Å². The quantitative estimate of drug-likeness (QED) is 0.114. The summed E-state index contributed by atoms with van der Waals surface area (Å²) in [6.45, 7) is 0. The van der Waals surface area contributed by atoms with Gasteiger partial charge in [0.05, 0.1) is 0 Å². The second kappa shape index (κ2) is 35.7. The zero-order valence-corrected chi connectivity index (χ0v) is 79.0. The second-order valence-electron chi connectivity index (χ2n) is 37.3. The van der Waals surface area contributed by atoms with Crippen LogP contribution in [0.3, 0.4) is 0 Å². The lowest BCUT2D eigenvalue weighted by atomic mass is 9.93. The van der Waals surface area contributed by atoms with Crippen molar-refractivity contribution in [2.75, 3.05) is 0 Å². The van der Waals surface area contributed by atoms with E-state index in [1.54, 1.807) is 0 Å². The summed E-state index contributed by atoms with van der Waals surface area (Å²) in [5.41, 5.74) is 20.8. The van der Waals surface area contributed by atoms with E-state index in [1.807, 2.05) is 91.0 Å². The lowest BCUT2D eigenvalue weighted by Crippen LogP contribution is -2.01. The second-order valence-corrected chi connectivity index (χ2v) is 37.3. The van der Waals surface area contributed by atoms with Crippen LogP contribution in [-0.4, -0.2) is 44.9 Å². The summed E-state index contributed by atoms with van der Waals surface area (Å²) in [5.74, 6) is 5.82. The fourth-order valence-corrected chi connectivity index (χ4v) is 21.1. The van der Waals surface area contributed by atoms with Crippen LogP contribution in [-0.2, 0) is 0 Å². The first-order chi connectivity index (χ1) is 72.7. The average Bonchev–Trinajstić information content (AvgIpc) is 1.57. The highest BCUT2D eigenvalue weighted by molar-refractivity contribution is 6.16. The molecule has 0 N–H and O–H groups in total. The zero-order chi connectivity index (χ0) is 96.9. The van der Waals surface area contributed by atoms with Crippen molar-refractivity contribution in [1.82, 2.24) is 44.9 Å². The van der Waals surface area contributed by atoms with Crippen molar-refractivity contribution in [3.8, 4) is 136 Å². The van der Waals surface area contributed by atoms with Crippen molar-refractivity contribution in [2.45, 2.75) is 0 Å². The maximum absolute atomic E-state index is 6.36. The molecule has 12 heteroatoms. The molecule has 6 aromatic heterocycles. The van der Waals surface area contributed by atoms with Gasteiger partial charge >= 0.3 is 0 Å². The number of benzene rings is 24. The molecule has 0 radical (unpaired) electrons. The van der Waals surface area contributed by atoms with Gasteiger partial charge < -0.3 is 13.3 Å². The van der Waals surface area contributed by atoms with E-state index in [2.05, 4.69) is 400 Å². The predicted molar refractivity (Wildman–Crippen MR) is 604 cm³/mol. The minimum absolute atomic E-state index is 0.641. The fourth-order valence-electron chi connectivity index (χ4n) is 21.1. The van der Waals surface area contributed by atoms with Crippen molar-refractivity contribution in [2.24, 2.45) is 0 Å². The highest BCUT2D eigenvalue weighted by Crippen LogP contribution is 2.46. The molecule has 0 unspecified atom stereocenters. The molecule has 0 aliphatic rings. The standard InChI is InChI=1S/3C45H27N3O/c2*1-2-12-29(13-3-1)43-46-44(37-20-10-16-28-11-6-7-17-33(28)37)48-45(47-43)38-23-22-34(35-18-8-9-19-36(35)38)32-21-24-41-39(26-32)40-25-30-14-4-5-15-31(30)27-42(40)49-41;1-2-9-29(10-3-1)43-46-44(37-18-14-28-8-4-5-11-30(28)23-37)48-45(47-43)38-19-17-33-22-34(15-16-35(33)24-38)36-20-21-39-40-25-31-12-6-7-13-32(31)26-42(40)49-41(39)27-36/h3*1-27H. The lowest BCUT2D eigenvalue weighted by Gasteiger charge is -2.14. The summed E-state index contributed by atoms with van der Waals surface area (Å²) in [7, 11) is 0. The van der Waals surface area contributed by atoms with Crippen LogP contribution in [0.4, 0.5) is 0 Å². The summed E-state index contributed by atoms with van der Waals surface area (Å²) in [6, 6.07) is 171. The zero-order valence-electron chi connectivity index (χ0n) is 79.0. The number of hydrogen-bond donors (Lipinski definition) is 0. The predicted octanol–water partition coefficient (Wildman–Crippen LogP) is 35.7. The normalized spacial score (nSPS) is 11.7. The number of nitrogens with zero attached hydrogens (tertiary/aromatic N) is 9. The number of fused-ring (bicyclic) bond motifs is 18. The molecule has 12 nitrogen and oxygen atoms in total. The maximum Gasteiger partial charge on any atom is 0.164 e. The van der Waals surface area contributed by atoms with E-state index < -0.39 is 0 Å². The highest BCUT2D eigenvalue weighted by Gasteiger charge is 2.25. The lowest BCUT2D eigenvalue weighted by molar-refractivity contribution is 0.669. The number of rotatable bonds is 12. The first-order valence-corrected chi connectivity index (χ1v) is 49.3. The van der Waals surface area contributed by atoms with Gasteiger partial charge in [-0.3, -0.25) is 0 Å². The Kier molecular flexibility index (Phi) is 20.6. The monoisotopic (exact) mass is 1880 g/mol. The van der Waals surface area contributed by atoms with Gasteiger partial charge in [0.25, 0.3) is 0 Å². The van der Waals surface area contributed by atoms with Crippen molar-refractivity contribution < 1.29 is 13.3 Å². The summed E-state index contributed by atoms with van der Waals surface area (Å²) in [6.07, 6.45) is 0. The molecular formula is C135H81N9O3. The van der Waals surface area contributed by atoms with Crippen molar-refractivity contribution >= 4 is 163 Å². The van der Waals surface area contributed by atoms with Crippen molar-refractivity contribution in [1.29, 1.82) is 0 Å². The van der Waals surface area contributed by atoms with Crippen LogP contribution < -0.4 is 0 Å². The Balaban J connectivity index is 0.000000107. The molecule has 0 atom stereocenters. The minimum atomic E-state index is 0.641. The maximum atomic E-state index is 6.36. The van der Waals surface area contributed by atoms with Crippen LogP contribution >= 0.6 is 0 Å². The van der Waals surface area contributed by atoms with Gasteiger partial charge in [0, 0.05) is 82.4 Å². The van der Waals surface area contributed by atoms with Crippen LogP contribution in [0.2, 0.25) is 0 Å². The Bertz CT molecular complexity index is 10200. The molecule has 147 heavy (non-hydrogen) atoms. The number of aromatic nitrogens is 9. The number of furan rings is 3. The van der Waals surface area contributed by atoms with E-state index in [1.165, 1.54) is 37.7 Å². The Morgan fingerprint density at radius 3 is 0.762 bits per heavy atom. The van der Waals surface area contributed by atoms with Gasteiger partial charge in [0.15, 0.2) is 52.4 Å². The van der Waals surface area contributed by atoms with E-state index in [-0.39, 0.29) is 0 Å². The SMILES string of the molecule is c1ccc(-c2nc(-c3ccc4ccccc4c3)nc(-c3ccc4cc(-c5ccc6c(c5)oc5cc7ccccc7cc56)ccc4c3)n2)cc1.c1ccc(-c2nc(-c3cccc4ccccc34)nc(-c3ccc(-c4ccc5oc6cc7ccccc7cc6c5c4)c4ccccc34)n2)cc1.c1ccc(-c2nc(-c3cccc4ccccc34)nc(-c3ccc(-c4ccc5oc6cc7ccccc7cc6c5c4)c4ccccc34)n2)cc1. The molecule has 684 valence electrons. The largest absolute Gasteiger partial charge is 0.456 e. The molecule has 0 amide bonds. The van der Waals surface area contributed by atoms with Gasteiger partial charge in [0.2, 0.25) is 0 Å². The van der Waals surface area contributed by atoms with Gasteiger partial charge in [-0.15, -0.1) is 0 Å². The van der Waals surface area contributed by atoms with E-state index in [4.69, 9.17) is 58.1 Å². The van der Waals surface area contributed by atoms with Gasteiger partial charge in [0.1, 0.15) is 33.5 Å². The minimum Gasteiger partial charge on any atom is -0.456 e. The van der Waals surface area contributed by atoms with Gasteiger partial charge in [-0.2, -0.15) is 0 Å². The molecule has 30 rings (SSSR count). The molecule has 0 aliphatic carbocycles. The van der Waals surface area contributed by atoms with E-state index in [0.29, 0.717) is 52.4 Å². The molecular weight excluding hydrogens is 1800 g/mol. The van der Waals surface area contributed by atoms with Crippen molar-refractivity contribution in [3.63, 3.8) is 0 Å². The van der Waals surface area contributed by atoms with Crippen LogP contribution in [0.5, 0.6) is 0 Å². The topological polar surface area (TPSA) is 155 Å². The summed E-state index contributed by atoms with van der Waals surface area (Å²) >= 11 is 0. The molecule has 0 fully saturated rings. The summed E-state index contributed by atoms with van der Waals surface area (Å²) < 4.78 is 19.0. The first-order valence-electron chi connectivity index (χ1n) is 49.3. The Morgan fingerprint density at radius 1 is 0.102 bits per heavy atom. The third-order valence-corrected chi connectivity index (χ3v) is 28.5. The average molecular weight is 1880 g/mol. The first kappa shape index (κ1) is 85.1. The molecule has 0 bridgehead atoms. The Hall–Kier alpha value is -20.0. The Morgan fingerprint density at radius 2 is 0.347 bits per heavy atom. The molecule has 6 heterocycles. The van der Waals surface area contributed by atoms with Crippen LogP contribution in [0.1, 0.15) is 0 Å². The molecule has 30 aromatic rings. The van der Waals surface area contributed by atoms with E-state index in [0.717, 1.165) is 209 Å². The third kappa shape index (κ3) is 15.7. The van der Waals surface area contributed by atoms with Crippen molar-refractivity contribution in [3.05, 3.63) is 491 Å². The fraction of sp³-hybridized carbons (Fsp3) is 0. The van der Waals surface area contributed by atoms with Gasteiger partial charge in [-0.1, -0.05) is 388 Å². The molecule has 24 aromatic carbocycles. The molecule has 0 spiro atoms. The molecule has 0 saturated carbocycles. The van der Waals surface area contributed by atoms with E-state index >= 15 is 0 Å². The number of hydrogen-bond acceptors (Lipinski definition) is 12. The van der Waals surface area contributed by atoms with E-state index in [9.17, 15) is 0 Å². The summed E-state index contributed by atoms with van der Waals surface area (Å²) in [4.78, 5) is 45.5. The smallest absolute Gasteiger partial charge is 0.164 e. The highest BCUT2D eigenvalue weighted by atomic mass is 16.3. The van der Waals surface area contributed by atoms with Crippen LogP contribution in [0.25, 0.3) is 299 Å². The Labute approximate surface area is 842 Å². The third-order valence-electron chi connectivity index (χ3n) is 28.5. The molecule has 0 saturated heterocycles.